The van der Waals surface area contributed by atoms with E-state index in [1.54, 1.807) is 24.3 Å². The Hall–Kier alpha value is -3.40. The van der Waals surface area contributed by atoms with Gasteiger partial charge in [0, 0.05) is 0 Å². The molecule has 0 fully saturated rings. The van der Waals surface area contributed by atoms with E-state index in [-0.39, 0.29) is 24.8 Å². The third-order valence-electron chi connectivity index (χ3n) is 5.68. The zero-order valence-corrected chi connectivity index (χ0v) is 23.6. The van der Waals surface area contributed by atoms with E-state index in [9.17, 15) is 4.79 Å². The van der Waals surface area contributed by atoms with Crippen LogP contribution in [0.4, 0.5) is 0 Å². The largest absolute Gasteiger partial charge is 0.126 e. The van der Waals surface area contributed by atoms with E-state index in [1.165, 1.54) is 36.5 Å². The van der Waals surface area contributed by atoms with Gasteiger partial charge in [-0.2, -0.15) is 0 Å². The fourth-order valence-corrected chi connectivity index (χ4v) is 4.39. The van der Waals surface area contributed by atoms with Crippen molar-refractivity contribution < 1.29 is 49.6 Å². The predicted molar refractivity (Wildman–Crippen MR) is 148 cm³/mol. The van der Waals surface area contributed by atoms with Gasteiger partial charge in [-0.25, -0.2) is 0 Å². The summed E-state index contributed by atoms with van der Waals surface area (Å²) in [6.45, 7) is 0. The van der Waals surface area contributed by atoms with Gasteiger partial charge in [0.1, 0.15) is 0 Å². The van der Waals surface area contributed by atoms with Gasteiger partial charge in [-0.1, -0.05) is 66.7 Å². The summed E-state index contributed by atoms with van der Waals surface area (Å²) < 4.78 is 1.33. The van der Waals surface area contributed by atoms with Crippen molar-refractivity contribution in [1.82, 2.24) is 0 Å². The minimum atomic E-state index is -0.629. The van der Waals surface area contributed by atoms with Gasteiger partial charge in [0.25, 0.3) is 0 Å². The average molecular weight is 570 g/mol. The summed E-state index contributed by atoms with van der Waals surface area (Å²) in [5.74, 6) is -0.629. The van der Waals surface area contributed by atoms with Crippen LogP contribution in [0.3, 0.4) is 0 Å². The molecule has 0 radical (unpaired) electrons. The van der Waals surface area contributed by atoms with E-state index in [0.29, 0.717) is 5.56 Å². The first-order valence-corrected chi connectivity index (χ1v) is 12.4. The van der Waals surface area contributed by atoms with E-state index in [4.69, 9.17) is 5.73 Å². The Kier molecular flexibility index (Phi) is 12.8. The first kappa shape index (κ1) is 30.8. The summed E-state index contributed by atoms with van der Waals surface area (Å²) in [5, 5.41) is 5.39. The summed E-state index contributed by atoms with van der Waals surface area (Å²) in [7, 11) is 0. The van der Waals surface area contributed by atoms with Crippen LogP contribution in [0.5, 0.6) is 0 Å². The molecule has 6 aromatic carbocycles. The molecule has 0 aliphatic rings. The van der Waals surface area contributed by atoms with E-state index in [0.717, 1.165) is 0 Å². The molecule has 0 unspecified atom stereocenters. The van der Waals surface area contributed by atoms with E-state index in [2.05, 4.69) is 123 Å². The molecule has 0 saturated carbocycles. The third kappa shape index (κ3) is 8.31. The Balaban J connectivity index is 0.000000200. The molecule has 38 heavy (non-hydrogen) atoms. The number of carbonyl (C=O) groups excluding carboxylic acids is 1. The zero-order valence-electron chi connectivity index (χ0n) is 20.5. The fourth-order valence-electron chi connectivity index (χ4n) is 3.87. The van der Waals surface area contributed by atoms with Crippen molar-refractivity contribution in [3.63, 3.8) is 0 Å². The molecule has 0 heterocycles. The Morgan fingerprint density at radius 1 is 0.500 bits per heavy atom. The van der Waals surface area contributed by atoms with Crippen molar-refractivity contribution in [1.29, 1.82) is 0 Å². The van der Waals surface area contributed by atoms with Crippen LogP contribution in [-0.2, 0) is 20.0 Å². The van der Waals surface area contributed by atoms with Gasteiger partial charge in [0.2, 0.25) is 0 Å². The number of nitrogens with one attached hydrogen (secondary N) is 1. The molecule has 6 aromatic rings. The topological polar surface area (TPSA) is 40.9 Å². The van der Waals surface area contributed by atoms with Crippen LogP contribution in [-0.4, -0.2) is 9.72 Å². The van der Waals surface area contributed by atoms with Crippen molar-refractivity contribution in [2.24, 2.45) is 0 Å². The summed E-state index contributed by atoms with van der Waals surface area (Å²) >= 11 is 2.16. The van der Waals surface area contributed by atoms with Crippen LogP contribution < -0.4 is 24.8 Å². The molecule has 6 rings (SSSR count). The van der Waals surface area contributed by atoms with E-state index < -0.39 is 5.91 Å². The van der Waals surface area contributed by atoms with Crippen LogP contribution in [0.1, 0.15) is 21.5 Å². The monoisotopic (exact) mass is 569 g/mol. The second kappa shape index (κ2) is 15.8. The molecule has 0 aromatic heterocycles. The summed E-state index contributed by atoms with van der Waals surface area (Å²) in [5.41, 5.74) is 9.70. The summed E-state index contributed by atoms with van der Waals surface area (Å²) in [6.07, 6.45) is 0. The van der Waals surface area contributed by atoms with Crippen LogP contribution in [0.15, 0.2) is 146 Å². The second-order valence-corrected chi connectivity index (χ2v) is 8.90. The normalized spacial score (nSPS) is 9.53. The summed E-state index contributed by atoms with van der Waals surface area (Å²) in [4.78, 5) is 10.3. The minimum absolute atomic E-state index is 0. The number of rotatable bonds is 3. The first-order valence-electron chi connectivity index (χ1n) is 11.7. The molecule has 0 aliphatic carbocycles. The maximum Gasteiger partial charge on any atom is -0.0771 e. The first-order chi connectivity index (χ1) is 17.6. The number of amides is 1. The number of halogens is 2. The molecule has 1 N–H and O–H groups in total. The molecule has 0 bridgehead atoms. The Morgan fingerprint density at radius 2 is 0.816 bits per heavy atom. The molecule has 5 heteroatoms. The van der Waals surface area contributed by atoms with Crippen LogP contribution in [0.2, 0.25) is 0 Å². The van der Waals surface area contributed by atoms with Crippen LogP contribution >= 0.6 is 0 Å². The number of fused-ring (bicyclic) bond motifs is 3. The molecular weight excluding hydrogens is 545 g/mol. The molecular formula is C33H25Cl2NOTi-2. The third-order valence-corrected chi connectivity index (χ3v) is 6.59. The van der Waals surface area contributed by atoms with Gasteiger partial charge in [0.05, 0.1) is 5.91 Å². The van der Waals surface area contributed by atoms with Crippen molar-refractivity contribution in [3.8, 4) is 0 Å². The maximum absolute atomic E-state index is 10.3. The van der Waals surface area contributed by atoms with Crippen molar-refractivity contribution >= 4 is 31.3 Å². The molecule has 1 amide bonds. The number of carbonyl (C=O) groups is 1. The quantitative estimate of drug-likeness (QED) is 0.238. The van der Waals surface area contributed by atoms with Gasteiger partial charge < -0.3 is 35.3 Å². The van der Waals surface area contributed by atoms with Crippen LogP contribution in [0.25, 0.3) is 27.3 Å². The number of benzene rings is 5. The second-order valence-electron chi connectivity index (χ2n) is 8.12. The minimum Gasteiger partial charge on any atom is -0.126 e. The molecule has 0 aliphatic heterocycles. The number of hydrogen-bond donors (Lipinski definition) is 0. The SMILES string of the molecule is [Cl-].[Cl-].[NH-]C(=O)c1ccccc1.[Ti+2]=[C](c1ccccc1)c1ccccc1.c1ccc2c(c1)[cH-]c1ccccc12. The molecule has 0 spiro atoms. The van der Waals surface area contributed by atoms with Crippen molar-refractivity contribution in [2.75, 3.05) is 0 Å². The van der Waals surface area contributed by atoms with Gasteiger partial charge in [-0.05, 0) is 5.56 Å². The number of hydrogen-bond acceptors (Lipinski definition) is 1. The van der Waals surface area contributed by atoms with Gasteiger partial charge in [0.15, 0.2) is 0 Å². The molecule has 0 saturated heterocycles. The Morgan fingerprint density at radius 3 is 1.16 bits per heavy atom. The van der Waals surface area contributed by atoms with Crippen molar-refractivity contribution in [2.45, 2.75) is 0 Å². The summed E-state index contributed by atoms with van der Waals surface area (Å²) in [6, 6.07) is 48.7. The Labute approximate surface area is 247 Å². The molecule has 188 valence electrons. The maximum atomic E-state index is 10.3. The van der Waals surface area contributed by atoms with Crippen molar-refractivity contribution in [3.05, 3.63) is 168 Å². The average Bonchev–Trinajstić information content (AvgIpc) is 3.34. The van der Waals surface area contributed by atoms with E-state index >= 15 is 0 Å². The standard InChI is InChI=1S/C13H9.C13H10.C7H7NO.2ClH.Ti/c1-3-7-12-10(5-1)9-11-6-2-4-8-13(11)12;1-3-7-12(8-4-1)11-13-9-5-2-6-10-13;8-7(9)6-4-2-1-3-5-6;;;/h1-9H;1-10H;1-5H,(H2,8,9);2*1H;/q-1;;;;;+2/p-3. The predicted octanol–water partition coefficient (Wildman–Crippen LogP) is 2.40. The molecule has 0 atom stereocenters. The fraction of sp³-hybridized carbons (Fsp3) is 0. The smallest absolute Gasteiger partial charge is 0.0771 e. The zero-order chi connectivity index (χ0) is 25.2. The van der Waals surface area contributed by atoms with Crippen LogP contribution in [0, 0.1) is 0 Å². The Bertz CT molecular complexity index is 1470. The van der Waals surface area contributed by atoms with Gasteiger partial charge in [-0.3, -0.25) is 0 Å². The van der Waals surface area contributed by atoms with Gasteiger partial charge in [-0.15, -0.1) is 39.7 Å². The van der Waals surface area contributed by atoms with E-state index in [1.807, 2.05) is 18.2 Å². The molecule has 2 nitrogen and oxygen atoms in total. The van der Waals surface area contributed by atoms with Gasteiger partial charge >= 0.3 is 95.6 Å².